The minimum absolute atomic E-state index is 0.0329. The fraction of sp³-hybridized carbons (Fsp3) is 0.400. The Kier molecular flexibility index (Phi) is 4.33. The Balaban J connectivity index is 1.48. The summed E-state index contributed by atoms with van der Waals surface area (Å²) in [4.78, 5) is 18.3. The van der Waals surface area contributed by atoms with Crippen LogP contribution in [0.2, 0.25) is 0 Å². The van der Waals surface area contributed by atoms with E-state index in [1.165, 1.54) is 6.07 Å². The molecule has 0 radical (unpaired) electrons. The highest BCUT2D eigenvalue weighted by atomic mass is 19.1. The van der Waals surface area contributed by atoms with E-state index in [0.717, 1.165) is 25.0 Å². The smallest absolute Gasteiger partial charge is 0.182 e. The van der Waals surface area contributed by atoms with Crippen molar-refractivity contribution in [3.8, 4) is 11.3 Å². The molecule has 2 atom stereocenters. The van der Waals surface area contributed by atoms with Gasteiger partial charge in [-0.2, -0.15) is 5.10 Å². The molecule has 1 aliphatic carbocycles. The molecule has 2 fully saturated rings. The first-order valence-electron chi connectivity index (χ1n) is 12.7. The Morgan fingerprint density at radius 2 is 1.91 bits per heavy atom. The van der Waals surface area contributed by atoms with Crippen LogP contribution in [0.15, 0.2) is 30.6 Å². The van der Waals surface area contributed by atoms with E-state index in [2.05, 4.69) is 25.0 Å². The summed E-state index contributed by atoms with van der Waals surface area (Å²) in [7, 11) is 0. The number of benzene rings is 1. The standard InChI is InChI=1S/C25H24F2N6O/c1-13-14(2)30-25-23(29-13)22(19-6-3-17(26)10-20(19)27)31-24(32-25)15-7-8-34-21(9-15)16-11-28-33(12-16)18-4-5-18/h3,6,10-12,15,18,21H,4-5,7-9H2,1-2H3/i8D2,21D. The number of hydrogen-bond acceptors (Lipinski definition) is 6. The van der Waals surface area contributed by atoms with Crippen LogP contribution < -0.4 is 0 Å². The molecular formula is C25H24F2N6O. The topological polar surface area (TPSA) is 78.6 Å². The van der Waals surface area contributed by atoms with Gasteiger partial charge >= 0.3 is 0 Å². The monoisotopic (exact) mass is 465 g/mol. The average molecular weight is 466 g/mol. The molecule has 4 heterocycles. The van der Waals surface area contributed by atoms with Crippen molar-refractivity contribution in [2.45, 2.75) is 57.6 Å². The Hall–Kier alpha value is -3.33. The van der Waals surface area contributed by atoms with E-state index < -0.39 is 30.2 Å². The van der Waals surface area contributed by atoms with Crippen molar-refractivity contribution in [1.29, 1.82) is 0 Å². The molecule has 1 saturated heterocycles. The number of hydrogen-bond donors (Lipinski definition) is 0. The van der Waals surface area contributed by atoms with Crippen molar-refractivity contribution >= 4 is 11.2 Å². The molecule has 174 valence electrons. The third-order valence-corrected chi connectivity index (χ3v) is 6.31. The quantitative estimate of drug-likeness (QED) is 0.415. The normalized spacial score (nSPS) is 25.6. The van der Waals surface area contributed by atoms with Crippen LogP contribution in [-0.2, 0) is 4.74 Å². The van der Waals surface area contributed by atoms with Gasteiger partial charge in [0.25, 0.3) is 0 Å². The average Bonchev–Trinajstić information content (AvgIpc) is 3.54. The van der Waals surface area contributed by atoms with Crippen molar-refractivity contribution in [2.75, 3.05) is 6.56 Å². The van der Waals surface area contributed by atoms with Crippen LogP contribution >= 0.6 is 0 Å². The fourth-order valence-corrected chi connectivity index (χ4v) is 4.13. The molecule has 1 saturated carbocycles. The van der Waals surface area contributed by atoms with E-state index in [0.29, 0.717) is 23.0 Å². The number of aromatic nitrogens is 6. The van der Waals surface area contributed by atoms with Gasteiger partial charge in [-0.15, -0.1) is 0 Å². The van der Waals surface area contributed by atoms with E-state index in [-0.39, 0.29) is 41.1 Å². The maximum Gasteiger partial charge on any atom is 0.182 e. The Labute approximate surface area is 199 Å². The zero-order chi connectivity index (χ0) is 26.1. The van der Waals surface area contributed by atoms with Crippen molar-refractivity contribution in [3.05, 3.63) is 65.0 Å². The molecule has 34 heavy (non-hydrogen) atoms. The van der Waals surface area contributed by atoms with Crippen LogP contribution in [-0.4, -0.2) is 36.3 Å². The maximum absolute atomic E-state index is 14.9. The summed E-state index contributed by atoms with van der Waals surface area (Å²) in [6.45, 7) is 1.39. The summed E-state index contributed by atoms with van der Waals surface area (Å²) in [6, 6.07) is 3.50. The predicted molar refractivity (Wildman–Crippen MR) is 121 cm³/mol. The lowest BCUT2D eigenvalue weighted by Crippen LogP contribution is -2.20. The van der Waals surface area contributed by atoms with Gasteiger partial charge in [0.1, 0.15) is 28.7 Å². The molecule has 4 aromatic rings. The highest BCUT2D eigenvalue weighted by Crippen LogP contribution is 2.40. The summed E-state index contributed by atoms with van der Waals surface area (Å²) in [5.74, 6) is -1.99. The lowest BCUT2D eigenvalue weighted by atomic mass is 9.92. The molecular weight excluding hydrogens is 438 g/mol. The van der Waals surface area contributed by atoms with Crippen LogP contribution in [0.1, 0.15) is 70.6 Å². The number of rotatable bonds is 4. The lowest BCUT2D eigenvalue weighted by Gasteiger charge is -2.28. The van der Waals surface area contributed by atoms with Crippen molar-refractivity contribution in [2.24, 2.45) is 0 Å². The number of nitrogens with zero attached hydrogens (tertiary/aromatic N) is 6. The van der Waals surface area contributed by atoms with Gasteiger partial charge in [-0.25, -0.2) is 28.7 Å². The van der Waals surface area contributed by atoms with E-state index in [4.69, 9.17) is 8.85 Å². The van der Waals surface area contributed by atoms with Crippen LogP contribution in [0.3, 0.4) is 0 Å². The summed E-state index contributed by atoms with van der Waals surface area (Å²) >= 11 is 0. The van der Waals surface area contributed by atoms with Crippen LogP contribution in [0.4, 0.5) is 8.78 Å². The van der Waals surface area contributed by atoms with Crippen LogP contribution in [0.25, 0.3) is 22.4 Å². The summed E-state index contributed by atoms with van der Waals surface area (Å²) in [5, 5.41) is 4.35. The molecule has 1 aliphatic heterocycles. The van der Waals surface area contributed by atoms with Gasteiger partial charge in [-0.1, -0.05) is 0 Å². The number of aryl methyl sites for hydroxylation is 2. The van der Waals surface area contributed by atoms with Gasteiger partial charge in [-0.05, 0) is 51.7 Å². The van der Waals surface area contributed by atoms with E-state index in [1.54, 1.807) is 30.9 Å². The first kappa shape index (κ1) is 18.1. The maximum atomic E-state index is 14.9. The van der Waals surface area contributed by atoms with Crippen molar-refractivity contribution in [1.82, 2.24) is 29.7 Å². The third-order valence-electron chi connectivity index (χ3n) is 6.31. The minimum atomic E-state index is -2.15. The van der Waals surface area contributed by atoms with Gasteiger partial charge in [0.2, 0.25) is 0 Å². The Morgan fingerprint density at radius 1 is 1.09 bits per heavy atom. The summed E-state index contributed by atoms with van der Waals surface area (Å²) in [5.41, 5.74) is 2.35. The highest BCUT2D eigenvalue weighted by Gasteiger charge is 2.31. The zero-order valence-electron chi connectivity index (χ0n) is 21.7. The molecule has 6 rings (SSSR count). The van der Waals surface area contributed by atoms with Gasteiger partial charge in [-0.3, -0.25) is 4.68 Å². The Morgan fingerprint density at radius 3 is 2.71 bits per heavy atom. The van der Waals surface area contributed by atoms with Gasteiger partial charge < -0.3 is 4.74 Å². The molecule has 0 amide bonds. The summed E-state index contributed by atoms with van der Waals surface area (Å²) in [6.07, 6.45) is 3.53. The van der Waals surface area contributed by atoms with E-state index >= 15 is 0 Å². The van der Waals surface area contributed by atoms with E-state index in [1.807, 2.05) is 0 Å². The highest BCUT2D eigenvalue weighted by molar-refractivity contribution is 5.87. The fourth-order valence-electron chi connectivity index (χ4n) is 4.13. The van der Waals surface area contributed by atoms with Gasteiger partial charge in [0, 0.05) is 35.9 Å². The first-order valence-corrected chi connectivity index (χ1v) is 11.2. The van der Waals surface area contributed by atoms with Crippen LogP contribution in [0, 0.1) is 25.5 Å². The van der Waals surface area contributed by atoms with Gasteiger partial charge in [0.15, 0.2) is 5.65 Å². The third kappa shape index (κ3) is 3.83. The predicted octanol–water partition coefficient (Wildman–Crippen LogP) is 5.15. The minimum Gasteiger partial charge on any atom is -0.373 e. The van der Waals surface area contributed by atoms with Gasteiger partial charge in [0.05, 0.1) is 33.8 Å². The lowest BCUT2D eigenvalue weighted by molar-refractivity contribution is 0.00396. The number of fused-ring (bicyclic) bond motifs is 1. The Bertz CT molecular complexity index is 1540. The second kappa shape index (κ2) is 8.16. The summed E-state index contributed by atoms with van der Waals surface area (Å²) < 4.78 is 61.9. The molecule has 9 heteroatoms. The molecule has 0 bridgehead atoms. The van der Waals surface area contributed by atoms with Crippen molar-refractivity contribution < 1.29 is 17.6 Å². The molecule has 3 aromatic heterocycles. The molecule has 2 aliphatic rings. The first-order chi connectivity index (χ1) is 17.5. The largest absolute Gasteiger partial charge is 0.373 e. The van der Waals surface area contributed by atoms with Crippen molar-refractivity contribution in [3.63, 3.8) is 0 Å². The molecule has 0 N–H and O–H groups in total. The number of ether oxygens (including phenoxy) is 1. The molecule has 1 aromatic carbocycles. The molecule has 0 spiro atoms. The molecule has 2 unspecified atom stereocenters. The SMILES string of the molecule is [2H]C1([2H])CC(c2nc(-c3ccc(F)cc3F)c3nc(C)c(C)nc3n2)CC([2H])(c2cnn(C3CC3)c2)O1. The number of halogens is 2. The second-order valence-corrected chi connectivity index (χ2v) is 8.84. The second-order valence-electron chi connectivity index (χ2n) is 8.84. The molecule has 7 nitrogen and oxygen atoms in total. The van der Waals surface area contributed by atoms with Crippen LogP contribution in [0.5, 0.6) is 0 Å². The van der Waals surface area contributed by atoms with E-state index in [9.17, 15) is 8.78 Å². The zero-order valence-corrected chi connectivity index (χ0v) is 18.7.